The number of carbonyl (C=O) groups is 1. The highest BCUT2D eigenvalue weighted by atomic mass is 16.1. The number of nitrogens with one attached hydrogen (secondary N) is 1. The van der Waals surface area contributed by atoms with E-state index < -0.39 is 0 Å². The molecule has 0 aliphatic rings. The van der Waals surface area contributed by atoms with Crippen molar-refractivity contribution in [1.29, 1.82) is 0 Å². The molecule has 0 aliphatic carbocycles. The molecule has 0 saturated carbocycles. The molecule has 1 amide bonds. The van der Waals surface area contributed by atoms with Crippen LogP contribution in [0.3, 0.4) is 0 Å². The Hall–Kier alpha value is -0.830. The molecule has 0 atom stereocenters. The van der Waals surface area contributed by atoms with Crippen molar-refractivity contribution in [1.82, 2.24) is 5.32 Å². The van der Waals surface area contributed by atoms with Crippen LogP contribution in [0.4, 0.5) is 0 Å². The average Bonchev–Trinajstić information content (AvgIpc) is 2.14. The van der Waals surface area contributed by atoms with Crippen molar-refractivity contribution >= 4 is 5.91 Å². The normalized spacial score (nSPS) is 10.9. The lowest BCUT2D eigenvalue weighted by atomic mass is 9.93. The summed E-state index contributed by atoms with van der Waals surface area (Å²) >= 11 is 0. The lowest BCUT2D eigenvalue weighted by Crippen LogP contribution is -2.52. The first-order valence-corrected chi connectivity index (χ1v) is 4.28. The van der Waals surface area contributed by atoms with Gasteiger partial charge in [0.2, 0.25) is 5.91 Å². The van der Waals surface area contributed by atoms with Crippen molar-refractivity contribution in [2.75, 3.05) is 6.54 Å². The Labute approximate surface area is 74.0 Å². The van der Waals surface area contributed by atoms with Crippen LogP contribution in [0.2, 0.25) is 0 Å². The van der Waals surface area contributed by atoms with Gasteiger partial charge < -0.3 is 11.1 Å². The maximum absolute atomic E-state index is 11.0. The molecule has 0 fully saturated rings. The van der Waals surface area contributed by atoms with Crippen molar-refractivity contribution in [2.45, 2.75) is 32.2 Å². The summed E-state index contributed by atoms with van der Waals surface area (Å²) in [6.45, 7) is 7.89. The maximum atomic E-state index is 11.0. The van der Waals surface area contributed by atoms with Crippen LogP contribution in [0, 0.1) is 0 Å². The van der Waals surface area contributed by atoms with E-state index in [1.807, 2.05) is 13.8 Å². The average molecular weight is 170 g/mol. The summed E-state index contributed by atoms with van der Waals surface area (Å²) in [5.74, 6) is -0.149. The van der Waals surface area contributed by atoms with Crippen molar-refractivity contribution in [2.24, 2.45) is 5.73 Å². The van der Waals surface area contributed by atoms with Gasteiger partial charge in [0.15, 0.2) is 0 Å². The molecule has 0 aromatic heterocycles. The third-order valence-corrected chi connectivity index (χ3v) is 2.32. The van der Waals surface area contributed by atoms with Gasteiger partial charge in [-0.3, -0.25) is 4.79 Å². The van der Waals surface area contributed by atoms with Crippen molar-refractivity contribution in [3.63, 3.8) is 0 Å². The monoisotopic (exact) mass is 170 g/mol. The molecule has 0 saturated heterocycles. The fraction of sp³-hybridized carbons (Fsp3) is 0.667. The number of hydrogen-bond donors (Lipinski definition) is 2. The van der Waals surface area contributed by atoms with E-state index in [2.05, 4.69) is 11.9 Å². The van der Waals surface area contributed by atoms with Crippen LogP contribution in [0.15, 0.2) is 12.7 Å². The zero-order valence-corrected chi connectivity index (χ0v) is 7.89. The number of rotatable bonds is 5. The summed E-state index contributed by atoms with van der Waals surface area (Å²) in [7, 11) is 0. The Kier molecular flexibility index (Phi) is 4.59. The third kappa shape index (κ3) is 2.66. The summed E-state index contributed by atoms with van der Waals surface area (Å²) in [6.07, 6.45) is 2.97. The second-order valence-corrected chi connectivity index (χ2v) is 2.88. The first kappa shape index (κ1) is 11.2. The summed E-state index contributed by atoms with van der Waals surface area (Å²) in [5.41, 5.74) is 5.34. The summed E-state index contributed by atoms with van der Waals surface area (Å²) in [6, 6.07) is 0. The topological polar surface area (TPSA) is 55.1 Å². The van der Waals surface area contributed by atoms with Crippen LogP contribution in [0.25, 0.3) is 0 Å². The Balaban J connectivity index is 4.29. The van der Waals surface area contributed by atoms with E-state index in [9.17, 15) is 4.79 Å². The van der Waals surface area contributed by atoms with Gasteiger partial charge in [-0.2, -0.15) is 0 Å². The van der Waals surface area contributed by atoms with E-state index in [0.717, 1.165) is 12.8 Å². The van der Waals surface area contributed by atoms with E-state index in [4.69, 9.17) is 5.73 Å². The largest absolute Gasteiger partial charge is 0.346 e. The van der Waals surface area contributed by atoms with Gasteiger partial charge in [-0.25, -0.2) is 0 Å². The SMILES string of the molecule is C=CC(=O)NC(CC)(CC)CN. The molecule has 0 bridgehead atoms. The second-order valence-electron chi connectivity index (χ2n) is 2.88. The molecule has 70 valence electrons. The predicted octanol–water partition coefficient (Wildman–Crippen LogP) is 0.806. The molecule has 0 aromatic carbocycles. The minimum absolute atomic E-state index is 0.149. The molecule has 0 aromatic rings. The molecular weight excluding hydrogens is 152 g/mol. The van der Waals surface area contributed by atoms with Gasteiger partial charge in [0.05, 0.1) is 5.54 Å². The highest BCUT2D eigenvalue weighted by Crippen LogP contribution is 2.12. The van der Waals surface area contributed by atoms with E-state index >= 15 is 0 Å². The number of hydrogen-bond acceptors (Lipinski definition) is 2. The zero-order valence-electron chi connectivity index (χ0n) is 7.89. The highest BCUT2D eigenvalue weighted by Gasteiger charge is 2.24. The number of nitrogens with two attached hydrogens (primary N) is 1. The Morgan fingerprint density at radius 1 is 1.58 bits per heavy atom. The van der Waals surface area contributed by atoms with Crippen molar-refractivity contribution in [3.8, 4) is 0 Å². The predicted molar refractivity (Wildman–Crippen MR) is 50.7 cm³/mol. The van der Waals surface area contributed by atoms with Gasteiger partial charge in [-0.1, -0.05) is 20.4 Å². The quantitative estimate of drug-likeness (QED) is 0.600. The minimum Gasteiger partial charge on any atom is -0.346 e. The van der Waals surface area contributed by atoms with Gasteiger partial charge in [-0.15, -0.1) is 0 Å². The van der Waals surface area contributed by atoms with Gasteiger partial charge in [0, 0.05) is 6.54 Å². The molecular formula is C9H18N2O. The fourth-order valence-corrected chi connectivity index (χ4v) is 1.08. The molecule has 12 heavy (non-hydrogen) atoms. The Bertz CT molecular complexity index is 154. The zero-order chi connectivity index (χ0) is 9.61. The molecule has 0 radical (unpaired) electrons. The molecule has 0 aliphatic heterocycles. The highest BCUT2D eigenvalue weighted by molar-refractivity contribution is 5.87. The van der Waals surface area contributed by atoms with Crippen molar-refractivity contribution in [3.05, 3.63) is 12.7 Å². The van der Waals surface area contributed by atoms with Gasteiger partial charge in [0.25, 0.3) is 0 Å². The minimum atomic E-state index is -0.245. The van der Waals surface area contributed by atoms with E-state index in [1.54, 1.807) is 0 Å². The van der Waals surface area contributed by atoms with E-state index in [1.165, 1.54) is 6.08 Å². The van der Waals surface area contributed by atoms with Crippen LogP contribution in [0.5, 0.6) is 0 Å². The molecule has 3 N–H and O–H groups in total. The molecule has 0 unspecified atom stereocenters. The third-order valence-electron chi connectivity index (χ3n) is 2.32. The van der Waals surface area contributed by atoms with Crippen LogP contribution >= 0.6 is 0 Å². The second kappa shape index (κ2) is 4.93. The first-order valence-electron chi connectivity index (χ1n) is 4.28. The van der Waals surface area contributed by atoms with Crippen molar-refractivity contribution < 1.29 is 4.79 Å². The number of carbonyl (C=O) groups excluding carboxylic acids is 1. The first-order chi connectivity index (χ1) is 5.64. The Morgan fingerprint density at radius 3 is 2.33 bits per heavy atom. The lowest BCUT2D eigenvalue weighted by molar-refractivity contribution is -0.118. The maximum Gasteiger partial charge on any atom is 0.243 e. The van der Waals surface area contributed by atoms with Crippen LogP contribution in [-0.4, -0.2) is 18.0 Å². The summed E-state index contributed by atoms with van der Waals surface area (Å²) in [5, 5.41) is 2.85. The molecule has 0 heterocycles. The smallest absolute Gasteiger partial charge is 0.243 e. The van der Waals surface area contributed by atoms with Crippen LogP contribution in [-0.2, 0) is 4.79 Å². The van der Waals surface area contributed by atoms with Crippen LogP contribution in [0.1, 0.15) is 26.7 Å². The molecule has 0 rings (SSSR count). The molecule has 3 heteroatoms. The van der Waals surface area contributed by atoms with E-state index in [-0.39, 0.29) is 11.4 Å². The van der Waals surface area contributed by atoms with Gasteiger partial charge in [-0.05, 0) is 18.9 Å². The summed E-state index contributed by atoms with van der Waals surface area (Å²) in [4.78, 5) is 11.0. The standard InChI is InChI=1S/C9H18N2O/c1-4-8(12)11-9(5-2,6-3)7-10/h4H,1,5-7,10H2,2-3H3,(H,11,12). The van der Waals surface area contributed by atoms with Gasteiger partial charge in [0.1, 0.15) is 0 Å². The van der Waals surface area contributed by atoms with Gasteiger partial charge >= 0.3 is 0 Å². The fourth-order valence-electron chi connectivity index (χ4n) is 1.08. The summed E-state index contributed by atoms with van der Waals surface area (Å²) < 4.78 is 0. The van der Waals surface area contributed by atoms with E-state index in [0.29, 0.717) is 6.54 Å². The molecule has 0 spiro atoms. The number of amides is 1. The van der Waals surface area contributed by atoms with Crippen LogP contribution < -0.4 is 11.1 Å². The Morgan fingerprint density at radius 2 is 2.08 bits per heavy atom. The molecule has 3 nitrogen and oxygen atoms in total. The lowest BCUT2D eigenvalue weighted by Gasteiger charge is -2.30.